The third-order valence-electron chi connectivity index (χ3n) is 3.67. The number of piperidine rings is 1. The molecule has 2 amide bonds. The van der Waals surface area contributed by atoms with E-state index in [0.29, 0.717) is 25.0 Å². The van der Waals surface area contributed by atoms with Crippen molar-refractivity contribution in [2.24, 2.45) is 5.73 Å². The number of hydrogen-bond donors (Lipinski definition) is 2. The van der Waals surface area contributed by atoms with E-state index in [0.717, 1.165) is 24.1 Å². The Balaban J connectivity index is 1.58. The number of anilines is 1. The fourth-order valence-corrected chi connectivity index (χ4v) is 2.49. The molecule has 3 rings (SSSR count). The normalized spacial score (nSPS) is 15.9. The molecular weight excluding hydrogens is 270 g/mol. The maximum Gasteiger partial charge on any atom is 0.314 e. The van der Waals surface area contributed by atoms with Crippen LogP contribution in [0.15, 0.2) is 35.1 Å². The van der Waals surface area contributed by atoms with Crippen LogP contribution in [0, 0.1) is 0 Å². The zero-order valence-electron chi connectivity index (χ0n) is 11.5. The van der Waals surface area contributed by atoms with Gasteiger partial charge < -0.3 is 20.4 Å². The minimum absolute atomic E-state index is 0.336. The number of hydrogen-bond acceptors (Lipinski definition) is 5. The van der Waals surface area contributed by atoms with Crippen LogP contribution in [0.4, 0.5) is 10.5 Å². The summed E-state index contributed by atoms with van der Waals surface area (Å²) in [6.07, 6.45) is 3.11. The molecule has 2 aromatic rings. The van der Waals surface area contributed by atoms with E-state index in [1.807, 2.05) is 24.3 Å². The van der Waals surface area contributed by atoms with Gasteiger partial charge in [0.15, 0.2) is 0 Å². The van der Waals surface area contributed by atoms with Crippen LogP contribution in [0.5, 0.6) is 0 Å². The van der Waals surface area contributed by atoms with Crippen molar-refractivity contribution in [1.82, 2.24) is 15.1 Å². The predicted molar refractivity (Wildman–Crippen MR) is 77.5 cm³/mol. The first-order chi connectivity index (χ1) is 10.2. The number of likely N-dealkylation sites (tertiary alicyclic amines) is 1. The van der Waals surface area contributed by atoms with Crippen molar-refractivity contribution in [1.29, 1.82) is 0 Å². The Hall–Kier alpha value is -2.57. The first-order valence-corrected chi connectivity index (χ1v) is 6.90. The highest BCUT2D eigenvalue weighted by molar-refractivity contribution is 5.72. The predicted octanol–water partition coefficient (Wildman–Crippen LogP) is 1.69. The van der Waals surface area contributed by atoms with Crippen molar-refractivity contribution in [3.05, 3.63) is 30.7 Å². The molecule has 7 nitrogen and oxygen atoms in total. The average molecular weight is 287 g/mol. The van der Waals surface area contributed by atoms with Crippen LogP contribution in [0.1, 0.15) is 12.8 Å². The summed E-state index contributed by atoms with van der Waals surface area (Å²) in [6.45, 7) is 1.40. The van der Waals surface area contributed by atoms with Gasteiger partial charge in [-0.2, -0.15) is 0 Å². The van der Waals surface area contributed by atoms with Gasteiger partial charge in [0.25, 0.3) is 0 Å². The van der Waals surface area contributed by atoms with E-state index in [4.69, 9.17) is 10.2 Å². The maximum atomic E-state index is 11.1. The highest BCUT2D eigenvalue weighted by Gasteiger charge is 2.20. The number of nitrogens with zero attached hydrogens (tertiary/aromatic N) is 3. The molecular formula is C14H17N5O2. The van der Waals surface area contributed by atoms with Gasteiger partial charge in [-0.25, -0.2) is 4.79 Å². The van der Waals surface area contributed by atoms with Gasteiger partial charge in [-0.05, 0) is 37.1 Å². The Morgan fingerprint density at radius 3 is 2.57 bits per heavy atom. The summed E-state index contributed by atoms with van der Waals surface area (Å²) in [6, 6.07) is 7.87. The zero-order chi connectivity index (χ0) is 14.7. The number of carbonyl (C=O) groups excluding carboxylic acids is 1. The summed E-state index contributed by atoms with van der Waals surface area (Å²) in [5, 5.41) is 11.0. The van der Waals surface area contributed by atoms with E-state index in [2.05, 4.69) is 15.5 Å². The molecule has 0 aliphatic carbocycles. The number of primary amides is 1. The molecule has 1 saturated heterocycles. The minimum atomic E-state index is -0.336. The maximum absolute atomic E-state index is 11.1. The number of nitrogens with two attached hydrogens (primary N) is 1. The molecule has 1 aromatic carbocycles. The average Bonchev–Trinajstić information content (AvgIpc) is 3.03. The van der Waals surface area contributed by atoms with E-state index < -0.39 is 0 Å². The Morgan fingerprint density at radius 2 is 2.00 bits per heavy atom. The lowest BCUT2D eigenvalue weighted by atomic mass is 10.0. The molecule has 0 atom stereocenters. The summed E-state index contributed by atoms with van der Waals surface area (Å²) in [7, 11) is 0. The highest BCUT2D eigenvalue weighted by atomic mass is 16.4. The standard InChI is InChI=1S/C14H17N5O2/c15-14(20)19-7-5-12(6-8-19)17-11-3-1-10(2-4-11)13-18-16-9-21-13/h1-4,9,12,17H,5-8H2,(H2,15,20). The van der Waals surface area contributed by atoms with E-state index in [1.54, 1.807) is 4.90 Å². The molecule has 3 N–H and O–H groups in total. The topological polar surface area (TPSA) is 97.3 Å². The summed E-state index contributed by atoms with van der Waals surface area (Å²) >= 11 is 0. The van der Waals surface area contributed by atoms with Gasteiger partial charge in [0.1, 0.15) is 0 Å². The van der Waals surface area contributed by atoms with Gasteiger partial charge in [0.2, 0.25) is 12.3 Å². The molecule has 21 heavy (non-hydrogen) atoms. The van der Waals surface area contributed by atoms with Crippen molar-refractivity contribution in [2.75, 3.05) is 18.4 Å². The van der Waals surface area contributed by atoms with Gasteiger partial charge in [-0.1, -0.05) is 0 Å². The number of benzene rings is 1. The monoisotopic (exact) mass is 287 g/mol. The number of amides is 2. The second-order valence-corrected chi connectivity index (χ2v) is 5.07. The molecule has 1 fully saturated rings. The first-order valence-electron chi connectivity index (χ1n) is 6.90. The highest BCUT2D eigenvalue weighted by Crippen LogP contribution is 2.21. The molecule has 0 saturated carbocycles. The third kappa shape index (κ3) is 3.13. The van der Waals surface area contributed by atoms with Crippen LogP contribution < -0.4 is 11.1 Å². The molecule has 2 heterocycles. The third-order valence-corrected chi connectivity index (χ3v) is 3.67. The van der Waals surface area contributed by atoms with Gasteiger partial charge >= 0.3 is 6.03 Å². The molecule has 0 unspecified atom stereocenters. The van der Waals surface area contributed by atoms with E-state index >= 15 is 0 Å². The fourth-order valence-electron chi connectivity index (χ4n) is 2.49. The zero-order valence-corrected chi connectivity index (χ0v) is 11.5. The molecule has 0 spiro atoms. The Kier molecular flexibility index (Phi) is 3.72. The van der Waals surface area contributed by atoms with Crippen molar-refractivity contribution in [3.8, 4) is 11.5 Å². The van der Waals surface area contributed by atoms with Crippen LogP contribution >= 0.6 is 0 Å². The first kappa shape index (κ1) is 13.4. The Labute approximate surface area is 122 Å². The molecule has 1 aliphatic heterocycles. The summed E-state index contributed by atoms with van der Waals surface area (Å²) in [4.78, 5) is 12.8. The van der Waals surface area contributed by atoms with Crippen LogP contribution in [0.3, 0.4) is 0 Å². The van der Waals surface area contributed by atoms with E-state index in [1.165, 1.54) is 6.39 Å². The molecule has 7 heteroatoms. The number of nitrogens with one attached hydrogen (secondary N) is 1. The molecule has 0 radical (unpaired) electrons. The quantitative estimate of drug-likeness (QED) is 0.895. The van der Waals surface area contributed by atoms with Crippen molar-refractivity contribution >= 4 is 11.7 Å². The smallest absolute Gasteiger partial charge is 0.314 e. The second kappa shape index (κ2) is 5.82. The Bertz CT molecular complexity index is 588. The van der Waals surface area contributed by atoms with Crippen LogP contribution in [0.2, 0.25) is 0 Å². The molecule has 1 aromatic heterocycles. The lowest BCUT2D eigenvalue weighted by Gasteiger charge is -2.31. The van der Waals surface area contributed by atoms with Crippen molar-refractivity contribution < 1.29 is 9.21 Å². The van der Waals surface area contributed by atoms with E-state index in [-0.39, 0.29) is 6.03 Å². The van der Waals surface area contributed by atoms with Crippen molar-refractivity contribution in [2.45, 2.75) is 18.9 Å². The van der Waals surface area contributed by atoms with Gasteiger partial charge in [0, 0.05) is 30.4 Å². The van der Waals surface area contributed by atoms with E-state index in [9.17, 15) is 4.79 Å². The molecule has 110 valence electrons. The SMILES string of the molecule is NC(=O)N1CCC(Nc2ccc(-c3nnco3)cc2)CC1. The van der Waals surface area contributed by atoms with Gasteiger partial charge in [-0.3, -0.25) is 0 Å². The van der Waals surface area contributed by atoms with Crippen LogP contribution in [0.25, 0.3) is 11.5 Å². The lowest BCUT2D eigenvalue weighted by molar-refractivity contribution is 0.193. The number of aromatic nitrogens is 2. The molecule has 1 aliphatic rings. The van der Waals surface area contributed by atoms with Gasteiger partial charge in [-0.15, -0.1) is 10.2 Å². The summed E-state index contributed by atoms with van der Waals surface area (Å²) in [5.74, 6) is 0.510. The van der Waals surface area contributed by atoms with Gasteiger partial charge in [0.05, 0.1) is 0 Å². The summed E-state index contributed by atoms with van der Waals surface area (Å²) < 4.78 is 5.15. The van der Waals surface area contributed by atoms with Crippen LogP contribution in [-0.2, 0) is 0 Å². The van der Waals surface area contributed by atoms with Crippen LogP contribution in [-0.4, -0.2) is 40.3 Å². The number of rotatable bonds is 3. The number of urea groups is 1. The lowest BCUT2D eigenvalue weighted by Crippen LogP contribution is -2.44. The second-order valence-electron chi connectivity index (χ2n) is 5.07. The largest absolute Gasteiger partial charge is 0.423 e. The van der Waals surface area contributed by atoms with Crippen molar-refractivity contribution in [3.63, 3.8) is 0 Å². The number of carbonyl (C=O) groups is 1. The fraction of sp³-hybridized carbons (Fsp3) is 0.357. The Morgan fingerprint density at radius 1 is 1.29 bits per heavy atom. The minimum Gasteiger partial charge on any atom is -0.423 e. The molecule has 0 bridgehead atoms. The summed E-state index contributed by atoms with van der Waals surface area (Å²) in [5.41, 5.74) is 7.20.